The molecule has 7 heteroatoms. The van der Waals surface area contributed by atoms with Gasteiger partial charge in [0.2, 0.25) is 0 Å². The Labute approximate surface area is 186 Å². The Bertz CT molecular complexity index is 1010. The van der Waals surface area contributed by atoms with Gasteiger partial charge in [-0.15, -0.1) is 11.8 Å². The lowest BCUT2D eigenvalue weighted by Gasteiger charge is -2.34. The van der Waals surface area contributed by atoms with Gasteiger partial charge in [-0.05, 0) is 43.0 Å². The molecular weight excluding hydrogens is 414 g/mol. The number of hydrogen-bond acceptors (Lipinski definition) is 6. The highest BCUT2D eigenvalue weighted by Gasteiger charge is 2.24. The minimum atomic E-state index is 0.0737. The molecule has 1 amide bonds. The van der Waals surface area contributed by atoms with Gasteiger partial charge in [-0.2, -0.15) is 0 Å². The summed E-state index contributed by atoms with van der Waals surface area (Å²) in [4.78, 5) is 23.3. The molecule has 30 heavy (non-hydrogen) atoms. The van der Waals surface area contributed by atoms with E-state index in [1.807, 2.05) is 29.2 Å². The predicted octanol–water partition coefficient (Wildman–Crippen LogP) is 5.16. The first-order chi connectivity index (χ1) is 14.7. The second kappa shape index (κ2) is 9.71. The molecule has 158 valence electrons. The number of thioether (sulfide) groups is 1. The number of carbonyl (C=O) groups excluding carboxylic acids is 1. The minimum absolute atomic E-state index is 0.0737. The van der Waals surface area contributed by atoms with Crippen LogP contribution in [-0.2, 0) is 0 Å². The molecule has 0 aliphatic carbocycles. The number of unbranched alkanes of at least 4 members (excludes halogenated alkanes) is 1. The molecular formula is C23H27N3O2S2. The normalized spacial score (nSPS) is 14.3. The molecule has 0 saturated carbocycles. The summed E-state index contributed by atoms with van der Waals surface area (Å²) in [6.07, 6.45) is 4.20. The molecule has 1 aliphatic rings. The van der Waals surface area contributed by atoms with Gasteiger partial charge in [-0.1, -0.05) is 36.8 Å². The lowest BCUT2D eigenvalue weighted by molar-refractivity contribution is 0.0746. The van der Waals surface area contributed by atoms with Crippen LogP contribution in [-0.4, -0.2) is 54.8 Å². The highest BCUT2D eigenvalue weighted by atomic mass is 32.2. The number of nitrogens with zero attached hydrogens (tertiary/aromatic N) is 3. The van der Waals surface area contributed by atoms with Gasteiger partial charge in [-0.3, -0.25) is 4.79 Å². The summed E-state index contributed by atoms with van der Waals surface area (Å²) < 4.78 is 6.98. The van der Waals surface area contributed by atoms with Crippen molar-refractivity contribution in [3.63, 3.8) is 0 Å². The van der Waals surface area contributed by atoms with E-state index in [0.717, 1.165) is 42.3 Å². The van der Waals surface area contributed by atoms with Gasteiger partial charge in [0.05, 0.1) is 16.8 Å². The molecule has 5 nitrogen and oxygen atoms in total. The number of anilines is 1. The molecule has 0 radical (unpaired) electrons. The summed E-state index contributed by atoms with van der Waals surface area (Å²) in [5, 5.41) is 1.05. The summed E-state index contributed by atoms with van der Waals surface area (Å²) in [6.45, 7) is 5.82. The number of rotatable bonds is 7. The van der Waals surface area contributed by atoms with Crippen LogP contribution in [0.25, 0.3) is 10.2 Å². The molecule has 2 aromatic carbocycles. The first-order valence-corrected chi connectivity index (χ1v) is 12.4. The Morgan fingerprint density at radius 1 is 1.17 bits per heavy atom. The van der Waals surface area contributed by atoms with Crippen molar-refractivity contribution in [2.45, 2.75) is 24.7 Å². The average Bonchev–Trinajstić information content (AvgIpc) is 3.23. The predicted molar refractivity (Wildman–Crippen MR) is 126 cm³/mol. The molecule has 1 fully saturated rings. The molecule has 4 rings (SSSR count). The first kappa shape index (κ1) is 21.0. The summed E-state index contributed by atoms with van der Waals surface area (Å²) in [5.41, 5.74) is 1.78. The van der Waals surface area contributed by atoms with Gasteiger partial charge in [0, 0.05) is 36.6 Å². The molecule has 0 atom stereocenters. The summed E-state index contributed by atoms with van der Waals surface area (Å²) in [7, 11) is 0. The number of para-hydroxylation sites is 1. The molecule has 0 bridgehead atoms. The van der Waals surface area contributed by atoms with Crippen molar-refractivity contribution in [2.24, 2.45) is 0 Å². The lowest BCUT2D eigenvalue weighted by Crippen LogP contribution is -2.48. The second-order valence-corrected chi connectivity index (χ2v) is 9.17. The lowest BCUT2D eigenvalue weighted by atomic mass is 10.1. The molecule has 1 saturated heterocycles. The topological polar surface area (TPSA) is 45.7 Å². The van der Waals surface area contributed by atoms with Gasteiger partial charge in [0.15, 0.2) is 5.13 Å². The number of thiazole rings is 1. The fraction of sp³-hybridized carbons (Fsp3) is 0.391. The molecule has 1 aliphatic heterocycles. The molecule has 2 heterocycles. The minimum Gasteiger partial charge on any atom is -0.494 e. The molecule has 0 unspecified atom stereocenters. The van der Waals surface area contributed by atoms with Crippen LogP contribution < -0.4 is 9.64 Å². The standard InChI is InChI=1S/C23H27N3O2S2/c1-3-4-15-28-18-8-5-7-17(16-18)22(27)25-11-13-26(14-12-25)23-24-21-19(29-2)9-6-10-20(21)30-23/h5-10,16H,3-4,11-15H2,1-2H3. The molecule has 0 spiro atoms. The number of amides is 1. The van der Waals surface area contributed by atoms with Gasteiger partial charge in [0.25, 0.3) is 5.91 Å². The van der Waals surface area contributed by atoms with E-state index in [1.165, 1.54) is 9.60 Å². The Morgan fingerprint density at radius 2 is 1.97 bits per heavy atom. The highest BCUT2D eigenvalue weighted by Crippen LogP contribution is 2.34. The van der Waals surface area contributed by atoms with Crippen LogP contribution in [0.5, 0.6) is 5.75 Å². The SMILES string of the molecule is CCCCOc1cccc(C(=O)N2CCN(c3nc4c(SC)cccc4s3)CC2)c1. The van der Waals surface area contributed by atoms with Crippen molar-refractivity contribution < 1.29 is 9.53 Å². The van der Waals surface area contributed by atoms with E-state index in [-0.39, 0.29) is 5.91 Å². The number of ether oxygens (including phenoxy) is 1. The number of hydrogen-bond donors (Lipinski definition) is 0. The second-order valence-electron chi connectivity index (χ2n) is 7.31. The number of benzene rings is 2. The van der Waals surface area contributed by atoms with Crippen molar-refractivity contribution in [1.29, 1.82) is 0 Å². The van der Waals surface area contributed by atoms with E-state index in [0.29, 0.717) is 25.3 Å². The van der Waals surface area contributed by atoms with Crippen molar-refractivity contribution in [3.8, 4) is 5.75 Å². The number of carbonyl (C=O) groups is 1. The molecule has 1 aromatic heterocycles. The van der Waals surface area contributed by atoms with Crippen LogP contribution in [0.15, 0.2) is 47.4 Å². The molecule has 3 aromatic rings. The monoisotopic (exact) mass is 441 g/mol. The van der Waals surface area contributed by atoms with E-state index in [1.54, 1.807) is 23.1 Å². The van der Waals surface area contributed by atoms with Gasteiger partial charge < -0.3 is 14.5 Å². The maximum absolute atomic E-state index is 13.0. The Morgan fingerprint density at radius 3 is 2.73 bits per heavy atom. The zero-order valence-electron chi connectivity index (χ0n) is 17.5. The van der Waals surface area contributed by atoms with Crippen molar-refractivity contribution in [1.82, 2.24) is 9.88 Å². The van der Waals surface area contributed by atoms with E-state index in [9.17, 15) is 4.79 Å². The van der Waals surface area contributed by atoms with Crippen LogP contribution in [0.2, 0.25) is 0 Å². The Kier molecular flexibility index (Phi) is 6.79. The van der Waals surface area contributed by atoms with Gasteiger partial charge in [-0.25, -0.2) is 4.98 Å². The quantitative estimate of drug-likeness (QED) is 0.374. The third-order valence-corrected chi connectivity index (χ3v) is 7.13. The fourth-order valence-corrected chi connectivity index (χ4v) is 5.22. The number of piperazine rings is 1. The van der Waals surface area contributed by atoms with E-state index in [4.69, 9.17) is 9.72 Å². The van der Waals surface area contributed by atoms with Crippen LogP contribution in [0.1, 0.15) is 30.1 Å². The summed E-state index contributed by atoms with van der Waals surface area (Å²) in [6, 6.07) is 13.9. The third-order valence-electron chi connectivity index (χ3n) is 5.28. The average molecular weight is 442 g/mol. The van der Waals surface area contributed by atoms with Crippen LogP contribution in [0.4, 0.5) is 5.13 Å². The maximum atomic E-state index is 13.0. The van der Waals surface area contributed by atoms with Gasteiger partial charge >= 0.3 is 0 Å². The van der Waals surface area contributed by atoms with E-state index < -0.39 is 0 Å². The Hall–Kier alpha value is -2.25. The van der Waals surface area contributed by atoms with Crippen LogP contribution >= 0.6 is 23.1 Å². The summed E-state index contributed by atoms with van der Waals surface area (Å²) >= 11 is 3.46. The number of fused-ring (bicyclic) bond motifs is 1. The fourth-order valence-electron chi connectivity index (χ4n) is 3.55. The Balaban J connectivity index is 1.40. The van der Waals surface area contributed by atoms with E-state index >= 15 is 0 Å². The van der Waals surface area contributed by atoms with Gasteiger partial charge in [0.1, 0.15) is 5.75 Å². The van der Waals surface area contributed by atoms with Crippen molar-refractivity contribution in [3.05, 3.63) is 48.0 Å². The first-order valence-electron chi connectivity index (χ1n) is 10.4. The molecule has 0 N–H and O–H groups in total. The smallest absolute Gasteiger partial charge is 0.254 e. The number of aromatic nitrogens is 1. The summed E-state index contributed by atoms with van der Waals surface area (Å²) in [5.74, 6) is 0.844. The van der Waals surface area contributed by atoms with Crippen molar-refractivity contribution >= 4 is 44.4 Å². The highest BCUT2D eigenvalue weighted by molar-refractivity contribution is 7.98. The largest absolute Gasteiger partial charge is 0.494 e. The van der Waals surface area contributed by atoms with Crippen LogP contribution in [0.3, 0.4) is 0 Å². The zero-order chi connectivity index (χ0) is 20.9. The van der Waals surface area contributed by atoms with Crippen LogP contribution in [0, 0.1) is 0 Å². The zero-order valence-corrected chi connectivity index (χ0v) is 19.1. The van der Waals surface area contributed by atoms with E-state index in [2.05, 4.69) is 36.3 Å². The maximum Gasteiger partial charge on any atom is 0.254 e. The third kappa shape index (κ3) is 4.57. The van der Waals surface area contributed by atoms with Crippen molar-refractivity contribution in [2.75, 3.05) is 43.9 Å².